The zero-order valence-corrected chi connectivity index (χ0v) is 9.23. The zero-order valence-electron chi connectivity index (χ0n) is 9.23. The first kappa shape index (κ1) is 10.3. The largest absolute Gasteiger partial charge is 0.248 e. The third kappa shape index (κ3) is 1.91. The lowest BCUT2D eigenvalue weighted by Gasteiger charge is -2.02. The molecule has 3 nitrogen and oxygen atoms in total. The molecule has 0 saturated carbocycles. The van der Waals surface area contributed by atoms with Gasteiger partial charge in [-0.15, -0.1) is 0 Å². The summed E-state index contributed by atoms with van der Waals surface area (Å²) in [4.78, 5) is 8.43. The summed E-state index contributed by atoms with van der Waals surface area (Å²) in [6.07, 6.45) is 1.64. The lowest BCUT2D eigenvalue weighted by Crippen LogP contribution is -1.94. The molecular formula is C13H11N3. The summed E-state index contributed by atoms with van der Waals surface area (Å²) in [6, 6.07) is 10.1. The van der Waals surface area contributed by atoms with Crippen molar-refractivity contribution in [3.63, 3.8) is 0 Å². The zero-order chi connectivity index (χ0) is 11.5. The molecule has 1 aromatic heterocycles. The molecule has 1 heterocycles. The predicted octanol–water partition coefficient (Wildman–Crippen LogP) is 2.63. The molecule has 0 radical (unpaired) electrons. The Bertz CT molecular complexity index is 550. The van der Waals surface area contributed by atoms with E-state index in [0.717, 1.165) is 11.3 Å². The van der Waals surface area contributed by atoms with Crippen LogP contribution in [0.4, 0.5) is 0 Å². The number of nitrogens with zero attached hydrogens (tertiary/aromatic N) is 3. The normalized spacial score (nSPS) is 9.81. The van der Waals surface area contributed by atoms with Crippen molar-refractivity contribution >= 4 is 0 Å². The van der Waals surface area contributed by atoms with Gasteiger partial charge in [0, 0.05) is 5.56 Å². The lowest BCUT2D eigenvalue weighted by atomic mass is 10.1. The van der Waals surface area contributed by atoms with Gasteiger partial charge in [-0.2, -0.15) is 5.26 Å². The molecule has 0 saturated heterocycles. The van der Waals surface area contributed by atoms with E-state index in [0.29, 0.717) is 11.4 Å². The summed E-state index contributed by atoms with van der Waals surface area (Å²) in [5, 5.41) is 8.76. The van der Waals surface area contributed by atoms with Gasteiger partial charge in [-0.3, -0.25) is 0 Å². The summed E-state index contributed by atoms with van der Waals surface area (Å²) in [5.41, 5.74) is 4.08. The highest BCUT2D eigenvalue weighted by Crippen LogP contribution is 2.17. The smallest absolute Gasteiger partial charge is 0.161 e. The van der Waals surface area contributed by atoms with Gasteiger partial charge in [0.15, 0.2) is 5.69 Å². The number of hydrogen-bond acceptors (Lipinski definition) is 3. The van der Waals surface area contributed by atoms with E-state index in [1.165, 1.54) is 5.56 Å². The van der Waals surface area contributed by atoms with Crippen molar-refractivity contribution in [2.24, 2.45) is 0 Å². The quantitative estimate of drug-likeness (QED) is 0.725. The lowest BCUT2D eigenvalue weighted by molar-refractivity contribution is 1.09. The topological polar surface area (TPSA) is 49.6 Å². The van der Waals surface area contributed by atoms with Crippen LogP contribution in [-0.2, 0) is 0 Å². The van der Waals surface area contributed by atoms with Crippen LogP contribution in [0, 0.1) is 25.2 Å². The Balaban J connectivity index is 2.46. The highest BCUT2D eigenvalue weighted by atomic mass is 14.8. The van der Waals surface area contributed by atoms with Crippen LogP contribution in [0.3, 0.4) is 0 Å². The van der Waals surface area contributed by atoms with Crippen molar-refractivity contribution < 1.29 is 0 Å². The van der Waals surface area contributed by atoms with Gasteiger partial charge >= 0.3 is 0 Å². The summed E-state index contributed by atoms with van der Waals surface area (Å²) in [7, 11) is 0. The van der Waals surface area contributed by atoms with Gasteiger partial charge in [0.1, 0.15) is 6.07 Å². The van der Waals surface area contributed by atoms with Crippen molar-refractivity contribution in [2.75, 3.05) is 0 Å². The van der Waals surface area contributed by atoms with Crippen LogP contribution in [0.25, 0.3) is 11.3 Å². The average Bonchev–Trinajstić information content (AvgIpc) is 2.30. The van der Waals surface area contributed by atoms with Crippen LogP contribution >= 0.6 is 0 Å². The summed E-state index contributed by atoms with van der Waals surface area (Å²) >= 11 is 0. The number of benzene rings is 1. The van der Waals surface area contributed by atoms with Crippen LogP contribution in [-0.4, -0.2) is 9.97 Å². The average molecular weight is 209 g/mol. The Labute approximate surface area is 94.4 Å². The third-order valence-corrected chi connectivity index (χ3v) is 2.40. The van der Waals surface area contributed by atoms with Crippen LogP contribution in [0.15, 0.2) is 30.5 Å². The second kappa shape index (κ2) is 4.11. The number of nitriles is 1. The highest BCUT2D eigenvalue weighted by molar-refractivity contribution is 5.59. The fourth-order valence-electron chi connectivity index (χ4n) is 1.45. The minimum atomic E-state index is 0.385. The molecule has 0 aliphatic heterocycles. The van der Waals surface area contributed by atoms with Gasteiger partial charge in [-0.25, -0.2) is 9.97 Å². The van der Waals surface area contributed by atoms with E-state index in [1.54, 1.807) is 13.1 Å². The minimum Gasteiger partial charge on any atom is -0.248 e. The monoisotopic (exact) mass is 209 g/mol. The van der Waals surface area contributed by atoms with Crippen molar-refractivity contribution in [3.05, 3.63) is 47.4 Å². The van der Waals surface area contributed by atoms with E-state index in [1.807, 2.05) is 37.3 Å². The Morgan fingerprint density at radius 2 is 1.81 bits per heavy atom. The molecule has 0 aliphatic carbocycles. The van der Waals surface area contributed by atoms with E-state index in [2.05, 4.69) is 9.97 Å². The van der Waals surface area contributed by atoms with Gasteiger partial charge in [0.2, 0.25) is 0 Å². The minimum absolute atomic E-state index is 0.385. The second-order valence-electron chi connectivity index (χ2n) is 3.67. The van der Waals surface area contributed by atoms with E-state index in [-0.39, 0.29) is 0 Å². The van der Waals surface area contributed by atoms with Gasteiger partial charge in [-0.1, -0.05) is 29.8 Å². The van der Waals surface area contributed by atoms with Crippen LogP contribution in [0.5, 0.6) is 0 Å². The van der Waals surface area contributed by atoms with Gasteiger partial charge in [0.25, 0.3) is 0 Å². The maximum atomic E-state index is 8.76. The van der Waals surface area contributed by atoms with Gasteiger partial charge in [0.05, 0.1) is 17.6 Å². The molecule has 1 aromatic carbocycles. The summed E-state index contributed by atoms with van der Waals surface area (Å²) < 4.78 is 0. The van der Waals surface area contributed by atoms with Crippen LogP contribution in [0.1, 0.15) is 17.0 Å². The first-order chi connectivity index (χ1) is 7.70. The summed E-state index contributed by atoms with van der Waals surface area (Å²) in [5.74, 6) is 0. The van der Waals surface area contributed by atoms with Crippen molar-refractivity contribution in [1.82, 2.24) is 9.97 Å². The van der Waals surface area contributed by atoms with Crippen molar-refractivity contribution in [2.45, 2.75) is 13.8 Å². The molecule has 0 amide bonds. The van der Waals surface area contributed by atoms with Gasteiger partial charge in [-0.05, 0) is 13.8 Å². The molecule has 16 heavy (non-hydrogen) atoms. The molecule has 2 rings (SSSR count). The molecule has 0 N–H and O–H groups in total. The summed E-state index contributed by atoms with van der Waals surface area (Å²) in [6.45, 7) is 3.84. The van der Waals surface area contributed by atoms with E-state index in [4.69, 9.17) is 5.26 Å². The maximum Gasteiger partial charge on any atom is 0.161 e. The second-order valence-corrected chi connectivity index (χ2v) is 3.67. The first-order valence-corrected chi connectivity index (χ1v) is 5.01. The van der Waals surface area contributed by atoms with E-state index in [9.17, 15) is 0 Å². The van der Waals surface area contributed by atoms with E-state index >= 15 is 0 Å². The molecule has 0 spiro atoms. The molecule has 78 valence electrons. The van der Waals surface area contributed by atoms with E-state index < -0.39 is 0 Å². The number of aromatic nitrogens is 2. The van der Waals surface area contributed by atoms with Crippen LogP contribution < -0.4 is 0 Å². The standard InChI is InChI=1S/C13H11N3/c1-9-3-5-11(6-4-9)13-8-15-12(7-14)10(2)16-13/h3-6,8H,1-2H3. The number of rotatable bonds is 1. The molecule has 3 heteroatoms. The molecule has 0 atom stereocenters. The molecule has 2 aromatic rings. The van der Waals surface area contributed by atoms with Gasteiger partial charge < -0.3 is 0 Å². The highest BCUT2D eigenvalue weighted by Gasteiger charge is 2.04. The fraction of sp³-hybridized carbons (Fsp3) is 0.154. The fourth-order valence-corrected chi connectivity index (χ4v) is 1.45. The third-order valence-electron chi connectivity index (χ3n) is 2.40. The Hall–Kier alpha value is -2.21. The Morgan fingerprint density at radius 1 is 1.12 bits per heavy atom. The predicted molar refractivity (Wildman–Crippen MR) is 61.7 cm³/mol. The van der Waals surface area contributed by atoms with Crippen LogP contribution in [0.2, 0.25) is 0 Å². The Kier molecular flexibility index (Phi) is 2.65. The van der Waals surface area contributed by atoms with Crippen molar-refractivity contribution in [1.29, 1.82) is 5.26 Å². The molecular weight excluding hydrogens is 198 g/mol. The number of hydrogen-bond donors (Lipinski definition) is 0. The molecule has 0 bridgehead atoms. The SMILES string of the molecule is Cc1ccc(-c2cnc(C#N)c(C)n2)cc1. The molecule has 0 aliphatic rings. The molecule has 0 fully saturated rings. The number of aryl methyl sites for hydroxylation is 2. The first-order valence-electron chi connectivity index (χ1n) is 5.01. The molecule has 0 unspecified atom stereocenters. The maximum absolute atomic E-state index is 8.76. The Morgan fingerprint density at radius 3 is 2.38 bits per heavy atom. The van der Waals surface area contributed by atoms with Crippen molar-refractivity contribution in [3.8, 4) is 17.3 Å².